The van der Waals surface area contributed by atoms with Gasteiger partial charge in [-0.1, -0.05) is 20.8 Å². The molecule has 2 heterocycles. The Morgan fingerprint density at radius 1 is 1.42 bits per heavy atom. The highest BCUT2D eigenvalue weighted by atomic mass is 16.5. The number of nitrogens with zero attached hydrogens (tertiary/aromatic N) is 1. The molecule has 0 saturated heterocycles. The summed E-state index contributed by atoms with van der Waals surface area (Å²) < 4.78 is 5.74. The summed E-state index contributed by atoms with van der Waals surface area (Å²) in [7, 11) is 0. The summed E-state index contributed by atoms with van der Waals surface area (Å²) in [6, 6.07) is 1.74. The fourth-order valence-corrected chi connectivity index (χ4v) is 2.56. The molecule has 1 aliphatic heterocycles. The summed E-state index contributed by atoms with van der Waals surface area (Å²) in [4.78, 5) is 16.1. The van der Waals surface area contributed by atoms with Crippen molar-refractivity contribution in [2.45, 2.75) is 58.7 Å². The van der Waals surface area contributed by atoms with Gasteiger partial charge in [-0.2, -0.15) is 0 Å². The van der Waals surface area contributed by atoms with E-state index in [-0.39, 0.29) is 23.2 Å². The number of hydrogen-bond acceptors (Lipinski definition) is 3. The predicted molar refractivity (Wildman–Crippen MR) is 72.6 cm³/mol. The molecule has 4 nitrogen and oxygen atoms in total. The molecule has 4 heteroatoms. The van der Waals surface area contributed by atoms with E-state index in [0.717, 1.165) is 17.7 Å². The van der Waals surface area contributed by atoms with Crippen molar-refractivity contribution in [1.82, 2.24) is 4.98 Å². The molecule has 0 fully saturated rings. The Bertz CT molecular complexity index is 517. The molecule has 1 N–H and O–H groups in total. The van der Waals surface area contributed by atoms with Gasteiger partial charge in [0.2, 0.25) is 0 Å². The third kappa shape index (κ3) is 2.63. The normalized spacial score (nSPS) is 23.0. The van der Waals surface area contributed by atoms with Gasteiger partial charge in [0.25, 0.3) is 0 Å². The monoisotopic (exact) mass is 263 g/mol. The molecule has 0 spiro atoms. The number of ether oxygens (including phenoxy) is 1. The van der Waals surface area contributed by atoms with E-state index >= 15 is 0 Å². The van der Waals surface area contributed by atoms with Gasteiger partial charge < -0.3 is 9.84 Å². The van der Waals surface area contributed by atoms with Crippen molar-refractivity contribution in [3.8, 4) is 0 Å². The van der Waals surface area contributed by atoms with Crippen LogP contribution in [0, 0.1) is 0 Å². The fraction of sp³-hybridized carbons (Fsp3) is 0.600. The van der Waals surface area contributed by atoms with Crippen LogP contribution in [-0.4, -0.2) is 22.2 Å². The zero-order valence-electron chi connectivity index (χ0n) is 12.2. The number of carboxylic acids is 1. The quantitative estimate of drug-likeness (QED) is 0.845. The maximum Gasteiger partial charge on any atom is 0.337 e. The van der Waals surface area contributed by atoms with Crippen molar-refractivity contribution in [3.05, 3.63) is 28.6 Å². The highest BCUT2D eigenvalue weighted by Gasteiger charge is 2.30. The Kier molecular flexibility index (Phi) is 3.39. The van der Waals surface area contributed by atoms with Crippen molar-refractivity contribution in [2.24, 2.45) is 0 Å². The number of pyridine rings is 1. The minimum Gasteiger partial charge on any atom is -0.478 e. The molecule has 1 aromatic rings. The third-order valence-electron chi connectivity index (χ3n) is 3.43. The first-order valence-electron chi connectivity index (χ1n) is 6.63. The van der Waals surface area contributed by atoms with E-state index in [9.17, 15) is 9.90 Å². The molecule has 19 heavy (non-hydrogen) atoms. The van der Waals surface area contributed by atoms with Gasteiger partial charge in [-0.05, 0) is 19.9 Å². The second-order valence-corrected chi connectivity index (χ2v) is 6.27. The maximum absolute atomic E-state index is 11.4. The standard InChI is InChI=1S/C15H21NO3/c1-8-6-12-10(9(2)19-8)7-11(14(17)18)13(16-12)15(3,4)5/h7-9H,6H2,1-5H3,(H,17,18). The molecule has 0 amide bonds. The molecule has 0 radical (unpaired) electrons. The van der Waals surface area contributed by atoms with Gasteiger partial charge in [-0.15, -0.1) is 0 Å². The van der Waals surface area contributed by atoms with Gasteiger partial charge in [-0.3, -0.25) is 4.98 Å². The highest BCUT2D eigenvalue weighted by molar-refractivity contribution is 5.89. The Labute approximate surface area is 113 Å². The van der Waals surface area contributed by atoms with E-state index in [1.165, 1.54) is 0 Å². The van der Waals surface area contributed by atoms with Crippen LogP contribution in [0.25, 0.3) is 0 Å². The molecule has 0 aliphatic carbocycles. The number of carbonyl (C=O) groups is 1. The van der Waals surface area contributed by atoms with Gasteiger partial charge in [0, 0.05) is 23.1 Å². The lowest BCUT2D eigenvalue weighted by Crippen LogP contribution is -2.27. The Morgan fingerprint density at radius 3 is 2.58 bits per heavy atom. The van der Waals surface area contributed by atoms with Crippen molar-refractivity contribution < 1.29 is 14.6 Å². The molecule has 2 unspecified atom stereocenters. The molecule has 104 valence electrons. The number of carboxylic acid groups (broad SMARTS) is 1. The Morgan fingerprint density at radius 2 is 2.05 bits per heavy atom. The molecule has 1 aromatic heterocycles. The van der Waals surface area contributed by atoms with E-state index in [1.807, 2.05) is 34.6 Å². The minimum absolute atomic E-state index is 0.0987. The SMILES string of the molecule is CC1Cc2nc(C(C)(C)C)c(C(=O)O)cc2C(C)O1. The molecular weight excluding hydrogens is 242 g/mol. The molecule has 1 aliphatic rings. The van der Waals surface area contributed by atoms with E-state index in [0.29, 0.717) is 5.69 Å². The zero-order chi connectivity index (χ0) is 14.4. The molecule has 0 saturated carbocycles. The summed E-state index contributed by atoms with van der Waals surface area (Å²) in [6.07, 6.45) is 0.764. The average molecular weight is 263 g/mol. The number of aromatic carboxylic acids is 1. The van der Waals surface area contributed by atoms with Crippen LogP contribution in [-0.2, 0) is 16.6 Å². The van der Waals surface area contributed by atoms with Crippen LogP contribution in [0.3, 0.4) is 0 Å². The van der Waals surface area contributed by atoms with Crippen LogP contribution in [0.5, 0.6) is 0 Å². The lowest BCUT2D eigenvalue weighted by molar-refractivity contribution is -0.00613. The van der Waals surface area contributed by atoms with Gasteiger partial charge in [0.1, 0.15) is 0 Å². The van der Waals surface area contributed by atoms with Crippen LogP contribution in [0.1, 0.15) is 68.0 Å². The highest BCUT2D eigenvalue weighted by Crippen LogP contribution is 2.33. The van der Waals surface area contributed by atoms with Crippen molar-refractivity contribution in [2.75, 3.05) is 0 Å². The van der Waals surface area contributed by atoms with Crippen molar-refractivity contribution in [3.63, 3.8) is 0 Å². The summed E-state index contributed by atoms with van der Waals surface area (Å²) in [5.41, 5.74) is 2.54. The smallest absolute Gasteiger partial charge is 0.337 e. The zero-order valence-corrected chi connectivity index (χ0v) is 12.2. The maximum atomic E-state index is 11.4. The molecular formula is C15H21NO3. The van der Waals surface area contributed by atoms with Crippen LogP contribution in [0.4, 0.5) is 0 Å². The molecule has 0 aromatic carbocycles. The van der Waals surface area contributed by atoms with E-state index in [4.69, 9.17) is 4.74 Å². The van der Waals surface area contributed by atoms with Gasteiger partial charge in [0.05, 0.1) is 23.5 Å². The summed E-state index contributed by atoms with van der Waals surface area (Å²) in [6.45, 7) is 9.92. The fourth-order valence-electron chi connectivity index (χ4n) is 2.56. The molecule has 2 atom stereocenters. The lowest BCUT2D eigenvalue weighted by Gasteiger charge is -2.30. The molecule has 2 rings (SSSR count). The second-order valence-electron chi connectivity index (χ2n) is 6.27. The first-order chi connectivity index (χ1) is 8.70. The largest absolute Gasteiger partial charge is 0.478 e. The van der Waals surface area contributed by atoms with E-state index in [1.54, 1.807) is 6.07 Å². The summed E-state index contributed by atoms with van der Waals surface area (Å²) in [5.74, 6) is -0.925. The predicted octanol–water partition coefficient (Wildman–Crippen LogP) is 3.10. The van der Waals surface area contributed by atoms with E-state index in [2.05, 4.69) is 4.98 Å². The lowest BCUT2D eigenvalue weighted by atomic mass is 9.86. The number of rotatable bonds is 1. The van der Waals surface area contributed by atoms with E-state index < -0.39 is 5.97 Å². The van der Waals surface area contributed by atoms with Crippen LogP contribution in [0.2, 0.25) is 0 Å². The average Bonchev–Trinajstić information content (AvgIpc) is 2.25. The van der Waals surface area contributed by atoms with Gasteiger partial charge in [-0.25, -0.2) is 4.79 Å². The molecule has 0 bridgehead atoms. The van der Waals surface area contributed by atoms with Crippen LogP contribution < -0.4 is 0 Å². The summed E-state index contributed by atoms with van der Waals surface area (Å²) >= 11 is 0. The van der Waals surface area contributed by atoms with Crippen molar-refractivity contribution in [1.29, 1.82) is 0 Å². The Hall–Kier alpha value is -1.42. The number of fused-ring (bicyclic) bond motifs is 1. The first-order valence-corrected chi connectivity index (χ1v) is 6.63. The Balaban J connectivity index is 2.63. The van der Waals surface area contributed by atoms with Crippen molar-refractivity contribution >= 4 is 5.97 Å². The number of aromatic nitrogens is 1. The van der Waals surface area contributed by atoms with Gasteiger partial charge in [0.15, 0.2) is 0 Å². The second kappa shape index (κ2) is 4.60. The van der Waals surface area contributed by atoms with Gasteiger partial charge >= 0.3 is 5.97 Å². The minimum atomic E-state index is -0.925. The third-order valence-corrected chi connectivity index (χ3v) is 3.43. The first kappa shape index (κ1) is 14.0. The van der Waals surface area contributed by atoms with Crippen LogP contribution >= 0.6 is 0 Å². The summed E-state index contributed by atoms with van der Waals surface area (Å²) in [5, 5.41) is 9.39. The number of hydrogen-bond donors (Lipinski definition) is 1. The topological polar surface area (TPSA) is 59.4 Å². The van der Waals surface area contributed by atoms with Crippen LogP contribution in [0.15, 0.2) is 6.07 Å².